The molecule has 0 radical (unpaired) electrons. The molecule has 0 aromatic carbocycles. The number of hydrogen-bond donors (Lipinski definition) is 2. The Balaban J connectivity index is 1.97. The van der Waals surface area contributed by atoms with Crippen LogP contribution in [-0.4, -0.2) is 36.7 Å². The average molecular weight is 144 g/mol. The van der Waals surface area contributed by atoms with Gasteiger partial charge in [-0.25, -0.2) is 0 Å². The fraction of sp³-hybridized carbons (Fsp3) is 1.00. The highest BCUT2D eigenvalue weighted by Crippen LogP contribution is 2.19. The molecule has 0 saturated carbocycles. The third kappa shape index (κ3) is 1.09. The highest BCUT2D eigenvalue weighted by Gasteiger charge is 2.28. The molecule has 2 saturated heterocycles. The van der Waals surface area contributed by atoms with Gasteiger partial charge in [-0.3, -0.25) is 0 Å². The first-order valence-electron chi connectivity index (χ1n) is 3.51. The van der Waals surface area contributed by atoms with Crippen LogP contribution in [0.15, 0.2) is 0 Å². The number of thioether (sulfide) groups is 1. The maximum Gasteiger partial charge on any atom is 0.0320 e. The van der Waals surface area contributed by atoms with Crippen molar-refractivity contribution in [3.8, 4) is 0 Å². The summed E-state index contributed by atoms with van der Waals surface area (Å²) in [6.45, 7) is 2.31. The molecule has 0 spiro atoms. The summed E-state index contributed by atoms with van der Waals surface area (Å²) in [5.74, 6) is 2.61. The molecule has 1 unspecified atom stereocenters. The van der Waals surface area contributed by atoms with Crippen LogP contribution >= 0.6 is 11.8 Å². The monoisotopic (exact) mass is 144 g/mol. The molecule has 9 heavy (non-hydrogen) atoms. The van der Waals surface area contributed by atoms with Crippen molar-refractivity contribution in [2.75, 3.05) is 24.6 Å². The zero-order valence-corrected chi connectivity index (χ0v) is 6.21. The second-order valence-electron chi connectivity index (χ2n) is 2.66. The van der Waals surface area contributed by atoms with Gasteiger partial charge in [0.05, 0.1) is 0 Å². The van der Waals surface area contributed by atoms with E-state index in [9.17, 15) is 0 Å². The van der Waals surface area contributed by atoms with Gasteiger partial charge in [0, 0.05) is 36.7 Å². The molecule has 2 atom stereocenters. The predicted octanol–water partition coefficient (Wildman–Crippen LogP) is -0.337. The maximum atomic E-state index is 3.50. The normalized spacial score (nSPS) is 42.7. The van der Waals surface area contributed by atoms with E-state index in [1.807, 2.05) is 0 Å². The summed E-state index contributed by atoms with van der Waals surface area (Å²) in [7, 11) is 0. The van der Waals surface area contributed by atoms with Crippen LogP contribution in [0.2, 0.25) is 0 Å². The van der Waals surface area contributed by atoms with Gasteiger partial charge in [0.1, 0.15) is 0 Å². The molecular weight excluding hydrogens is 132 g/mol. The predicted molar refractivity (Wildman–Crippen MR) is 40.9 cm³/mol. The molecule has 52 valence electrons. The van der Waals surface area contributed by atoms with Gasteiger partial charge >= 0.3 is 0 Å². The number of piperazine rings is 1. The van der Waals surface area contributed by atoms with Crippen molar-refractivity contribution in [1.82, 2.24) is 10.6 Å². The molecule has 3 heteroatoms. The van der Waals surface area contributed by atoms with Gasteiger partial charge in [-0.05, 0) is 0 Å². The van der Waals surface area contributed by atoms with E-state index in [0.29, 0.717) is 0 Å². The summed E-state index contributed by atoms with van der Waals surface area (Å²) in [5, 5.41) is 7.00. The van der Waals surface area contributed by atoms with Gasteiger partial charge in [0.25, 0.3) is 0 Å². The Kier molecular flexibility index (Phi) is 1.66. The molecule has 2 heterocycles. The second-order valence-corrected chi connectivity index (χ2v) is 3.73. The molecule has 0 aromatic rings. The van der Waals surface area contributed by atoms with Gasteiger partial charge in [-0.15, -0.1) is 0 Å². The molecule has 2 N–H and O–H groups in total. The van der Waals surface area contributed by atoms with Crippen LogP contribution in [-0.2, 0) is 0 Å². The Labute approximate surface area is 59.8 Å². The third-order valence-electron chi connectivity index (χ3n) is 2.02. The van der Waals surface area contributed by atoms with Crippen molar-refractivity contribution in [2.24, 2.45) is 0 Å². The Hall–Kier alpha value is 0.270. The van der Waals surface area contributed by atoms with E-state index in [4.69, 9.17) is 0 Å². The van der Waals surface area contributed by atoms with Gasteiger partial charge in [0.15, 0.2) is 0 Å². The van der Waals surface area contributed by atoms with E-state index >= 15 is 0 Å². The molecule has 2 nitrogen and oxygen atoms in total. The quantitative estimate of drug-likeness (QED) is 0.486. The van der Waals surface area contributed by atoms with E-state index in [2.05, 4.69) is 22.4 Å². The van der Waals surface area contributed by atoms with Crippen molar-refractivity contribution in [2.45, 2.75) is 12.1 Å². The number of hydrogen-bond acceptors (Lipinski definition) is 3. The van der Waals surface area contributed by atoms with Crippen molar-refractivity contribution in [3.63, 3.8) is 0 Å². The van der Waals surface area contributed by atoms with Crippen molar-refractivity contribution >= 4 is 11.8 Å². The summed E-state index contributed by atoms with van der Waals surface area (Å²) in [6.07, 6.45) is 0. The standard InChI is InChI=1S/C6H12N2S/c1-2-8-6-4-9-3-5(6)7-1/h5-8H,1-4H2/t5-,6?/m1/s1. The Morgan fingerprint density at radius 1 is 1.00 bits per heavy atom. The Morgan fingerprint density at radius 2 is 1.56 bits per heavy atom. The lowest BCUT2D eigenvalue weighted by atomic mass is 10.1. The lowest BCUT2D eigenvalue weighted by Gasteiger charge is -2.26. The van der Waals surface area contributed by atoms with Crippen LogP contribution in [0.3, 0.4) is 0 Å². The number of rotatable bonds is 0. The topological polar surface area (TPSA) is 24.1 Å². The SMILES string of the molecule is C1CN[C@@H]2CSCC2N1. The lowest BCUT2D eigenvalue weighted by molar-refractivity contribution is 0.377. The minimum Gasteiger partial charge on any atom is -0.310 e. The number of fused-ring (bicyclic) bond motifs is 1. The zero-order chi connectivity index (χ0) is 6.10. The molecule has 2 aliphatic rings. The minimum atomic E-state index is 0.767. The highest BCUT2D eigenvalue weighted by atomic mass is 32.2. The summed E-state index contributed by atoms with van der Waals surface area (Å²) in [6, 6.07) is 1.53. The molecular formula is C6H12N2S. The summed E-state index contributed by atoms with van der Waals surface area (Å²) in [5.41, 5.74) is 0. The molecule has 0 amide bonds. The first kappa shape index (κ1) is 6.01. The molecule has 2 aliphatic heterocycles. The van der Waals surface area contributed by atoms with Crippen LogP contribution in [0, 0.1) is 0 Å². The van der Waals surface area contributed by atoms with Crippen molar-refractivity contribution in [1.29, 1.82) is 0 Å². The van der Waals surface area contributed by atoms with Gasteiger partial charge < -0.3 is 10.6 Å². The van der Waals surface area contributed by atoms with Crippen molar-refractivity contribution in [3.05, 3.63) is 0 Å². The van der Waals surface area contributed by atoms with Gasteiger partial charge in [-0.1, -0.05) is 0 Å². The third-order valence-corrected chi connectivity index (χ3v) is 3.21. The fourth-order valence-corrected chi connectivity index (χ4v) is 2.82. The zero-order valence-electron chi connectivity index (χ0n) is 5.39. The van der Waals surface area contributed by atoms with E-state index < -0.39 is 0 Å². The average Bonchev–Trinajstić information content (AvgIpc) is 2.33. The highest BCUT2D eigenvalue weighted by molar-refractivity contribution is 7.99. The minimum absolute atomic E-state index is 0.767. The van der Waals surface area contributed by atoms with E-state index in [0.717, 1.165) is 25.2 Å². The van der Waals surface area contributed by atoms with E-state index in [1.165, 1.54) is 11.5 Å². The number of nitrogens with one attached hydrogen (secondary N) is 2. The fourth-order valence-electron chi connectivity index (χ4n) is 1.47. The van der Waals surface area contributed by atoms with Gasteiger partial charge in [-0.2, -0.15) is 11.8 Å². The first-order valence-corrected chi connectivity index (χ1v) is 4.67. The molecule has 2 rings (SSSR count). The largest absolute Gasteiger partial charge is 0.310 e. The Bertz CT molecular complexity index is 95.2. The molecule has 0 aromatic heterocycles. The first-order chi connectivity index (χ1) is 4.47. The Morgan fingerprint density at radius 3 is 2.11 bits per heavy atom. The lowest BCUT2D eigenvalue weighted by Crippen LogP contribution is -2.55. The summed E-state index contributed by atoms with van der Waals surface area (Å²) < 4.78 is 0. The van der Waals surface area contributed by atoms with Crippen LogP contribution in [0.4, 0.5) is 0 Å². The smallest absolute Gasteiger partial charge is 0.0320 e. The molecule has 0 bridgehead atoms. The summed E-state index contributed by atoms with van der Waals surface area (Å²) in [4.78, 5) is 0. The molecule has 0 aliphatic carbocycles. The van der Waals surface area contributed by atoms with E-state index in [-0.39, 0.29) is 0 Å². The molecule has 2 fully saturated rings. The maximum absolute atomic E-state index is 3.50. The summed E-state index contributed by atoms with van der Waals surface area (Å²) >= 11 is 2.05. The van der Waals surface area contributed by atoms with Gasteiger partial charge in [0.2, 0.25) is 0 Å². The van der Waals surface area contributed by atoms with Crippen LogP contribution in [0.25, 0.3) is 0 Å². The van der Waals surface area contributed by atoms with E-state index in [1.54, 1.807) is 0 Å². The second kappa shape index (κ2) is 2.48. The van der Waals surface area contributed by atoms with Crippen LogP contribution in [0.1, 0.15) is 0 Å². The van der Waals surface area contributed by atoms with Crippen molar-refractivity contribution < 1.29 is 0 Å². The van der Waals surface area contributed by atoms with Crippen LogP contribution in [0.5, 0.6) is 0 Å². The van der Waals surface area contributed by atoms with Crippen LogP contribution < -0.4 is 10.6 Å².